The number of benzene rings is 1. The molecule has 2 aromatic rings. The van der Waals surface area contributed by atoms with Gasteiger partial charge in [-0.1, -0.05) is 30.3 Å². The van der Waals surface area contributed by atoms with E-state index in [0.29, 0.717) is 5.69 Å². The largest absolute Gasteiger partial charge is 0.278 e. The summed E-state index contributed by atoms with van der Waals surface area (Å²) in [7, 11) is -3.47. The Morgan fingerprint density at radius 1 is 1.21 bits per heavy atom. The monoisotopic (exact) mass is 311 g/mol. The van der Waals surface area contributed by atoms with Gasteiger partial charge in [0.2, 0.25) is 0 Å². The second-order valence-electron chi connectivity index (χ2n) is 3.69. The molecule has 1 aromatic carbocycles. The van der Waals surface area contributed by atoms with Crippen LogP contribution in [0.2, 0.25) is 0 Å². The molecule has 0 saturated heterocycles. The van der Waals surface area contributed by atoms with Crippen LogP contribution in [0.4, 0.5) is 5.69 Å². The topological polar surface area (TPSA) is 46.2 Å². The summed E-state index contributed by atoms with van der Waals surface area (Å²) in [4.78, 5) is 0. The smallest absolute Gasteiger partial charge is 0.255 e. The highest BCUT2D eigenvalue weighted by molar-refractivity contribution is 8.00. The predicted octanol–water partition coefficient (Wildman–Crippen LogP) is 3.88. The van der Waals surface area contributed by atoms with Gasteiger partial charge in [0.1, 0.15) is 0 Å². The molecule has 0 radical (unpaired) electrons. The summed E-state index contributed by atoms with van der Waals surface area (Å²) in [6.07, 6.45) is 3.50. The first kappa shape index (κ1) is 14.2. The van der Waals surface area contributed by atoms with Gasteiger partial charge in [0, 0.05) is 0 Å². The number of thiophene rings is 1. The lowest BCUT2D eigenvalue weighted by Crippen LogP contribution is -2.08. The van der Waals surface area contributed by atoms with Gasteiger partial charge >= 0.3 is 0 Å². The van der Waals surface area contributed by atoms with Crippen LogP contribution < -0.4 is 4.72 Å². The van der Waals surface area contributed by atoms with E-state index in [0.717, 1.165) is 9.77 Å². The van der Waals surface area contributed by atoms with Gasteiger partial charge in [0.05, 0.1) is 15.3 Å². The second kappa shape index (κ2) is 6.27. The number of hydrogen-bond donors (Lipinski definition) is 1. The molecule has 19 heavy (non-hydrogen) atoms. The van der Waals surface area contributed by atoms with Crippen molar-refractivity contribution in [2.75, 3.05) is 11.0 Å². The van der Waals surface area contributed by atoms with Crippen LogP contribution in [0.3, 0.4) is 0 Å². The Bertz CT molecular complexity index is 660. The zero-order chi connectivity index (χ0) is 13.7. The number of sulfonamides is 1. The number of anilines is 1. The Hall–Kier alpha value is -1.24. The van der Waals surface area contributed by atoms with Gasteiger partial charge < -0.3 is 0 Å². The van der Waals surface area contributed by atoms with E-state index < -0.39 is 10.0 Å². The first-order valence-corrected chi connectivity index (χ1v) is 9.13. The van der Waals surface area contributed by atoms with Crippen molar-refractivity contribution in [3.05, 3.63) is 52.7 Å². The molecule has 0 amide bonds. The molecular weight excluding hydrogens is 298 g/mol. The first-order chi connectivity index (χ1) is 9.11. The lowest BCUT2D eigenvalue weighted by molar-refractivity contribution is 0.609. The first-order valence-electron chi connectivity index (χ1n) is 5.48. The van der Waals surface area contributed by atoms with Crippen LogP contribution in [0.1, 0.15) is 5.56 Å². The summed E-state index contributed by atoms with van der Waals surface area (Å²) >= 11 is 3.04. The molecule has 2 rings (SSSR count). The molecule has 0 aliphatic rings. The second-order valence-corrected chi connectivity index (χ2v) is 7.24. The van der Waals surface area contributed by atoms with E-state index >= 15 is 0 Å². The third-order valence-corrected chi connectivity index (χ3v) is 5.39. The molecule has 0 unspecified atom stereocenters. The van der Waals surface area contributed by atoms with Gasteiger partial charge in [-0.3, -0.25) is 4.72 Å². The highest BCUT2D eigenvalue weighted by Gasteiger charge is 2.10. The summed E-state index contributed by atoms with van der Waals surface area (Å²) in [5.74, 6) is 0. The minimum absolute atomic E-state index is 0.634. The average molecular weight is 311 g/mol. The van der Waals surface area contributed by atoms with Crippen LogP contribution in [0.15, 0.2) is 51.4 Å². The summed E-state index contributed by atoms with van der Waals surface area (Å²) in [5.41, 5.74) is 1.48. The fourth-order valence-electron chi connectivity index (χ4n) is 1.45. The maximum absolute atomic E-state index is 11.9. The number of hydrogen-bond acceptors (Lipinski definition) is 4. The third kappa shape index (κ3) is 4.12. The molecule has 0 spiro atoms. The van der Waals surface area contributed by atoms with Crippen molar-refractivity contribution >= 4 is 44.9 Å². The van der Waals surface area contributed by atoms with E-state index in [-0.39, 0.29) is 0 Å². The van der Waals surface area contributed by atoms with Crippen LogP contribution in [0, 0.1) is 0 Å². The van der Waals surface area contributed by atoms with Gasteiger partial charge in [-0.2, -0.15) is 0 Å². The Morgan fingerprint density at radius 3 is 2.63 bits per heavy atom. The quantitative estimate of drug-likeness (QED) is 0.852. The molecule has 1 aromatic heterocycles. The molecule has 0 aliphatic carbocycles. The van der Waals surface area contributed by atoms with E-state index in [2.05, 4.69) is 4.72 Å². The van der Waals surface area contributed by atoms with Crippen molar-refractivity contribution in [1.29, 1.82) is 0 Å². The van der Waals surface area contributed by atoms with Crippen LogP contribution in [-0.2, 0) is 10.0 Å². The van der Waals surface area contributed by atoms with Crippen LogP contribution in [0.5, 0.6) is 0 Å². The van der Waals surface area contributed by atoms with Crippen LogP contribution in [-0.4, -0.2) is 14.7 Å². The molecule has 0 aliphatic heterocycles. The van der Waals surface area contributed by atoms with Crippen molar-refractivity contribution in [1.82, 2.24) is 0 Å². The average Bonchev–Trinajstić information content (AvgIpc) is 2.84. The fraction of sp³-hybridized carbons (Fsp3) is 0.0769. The van der Waals surface area contributed by atoms with Crippen molar-refractivity contribution in [2.24, 2.45) is 0 Å². The van der Waals surface area contributed by atoms with Gasteiger partial charge in [0.25, 0.3) is 10.0 Å². The lowest BCUT2D eigenvalue weighted by Gasteiger charge is -2.03. The SMILES string of the molecule is CSc1sccc1NS(=O)(=O)C=Cc1ccccc1. The van der Waals surface area contributed by atoms with Crippen molar-refractivity contribution in [2.45, 2.75) is 4.21 Å². The molecule has 1 heterocycles. The summed E-state index contributed by atoms with van der Waals surface area (Å²) in [5, 5.41) is 3.05. The summed E-state index contributed by atoms with van der Waals surface area (Å²) in [6.45, 7) is 0. The standard InChI is InChI=1S/C13H13NO2S3/c1-17-13-12(7-9-18-13)14-19(15,16)10-8-11-5-3-2-4-6-11/h2-10,14H,1H3. The van der Waals surface area contributed by atoms with Crippen LogP contribution in [0.25, 0.3) is 6.08 Å². The summed E-state index contributed by atoms with van der Waals surface area (Å²) < 4.78 is 27.4. The molecule has 0 atom stereocenters. The zero-order valence-corrected chi connectivity index (χ0v) is 12.7. The Kier molecular flexibility index (Phi) is 4.68. The maximum atomic E-state index is 11.9. The Morgan fingerprint density at radius 2 is 1.95 bits per heavy atom. The molecule has 0 saturated carbocycles. The van der Waals surface area contributed by atoms with Gasteiger partial charge in [-0.25, -0.2) is 8.42 Å². The van der Waals surface area contributed by atoms with Crippen molar-refractivity contribution < 1.29 is 8.42 Å². The van der Waals surface area contributed by atoms with Crippen molar-refractivity contribution in [3.8, 4) is 0 Å². The molecule has 0 fully saturated rings. The minimum atomic E-state index is -3.47. The zero-order valence-electron chi connectivity index (χ0n) is 10.2. The van der Waals surface area contributed by atoms with Gasteiger partial charge in [0.15, 0.2) is 0 Å². The Balaban J connectivity index is 2.13. The summed E-state index contributed by atoms with van der Waals surface area (Å²) in [6, 6.07) is 11.1. The highest BCUT2D eigenvalue weighted by Crippen LogP contribution is 2.31. The van der Waals surface area contributed by atoms with E-state index in [4.69, 9.17) is 0 Å². The van der Waals surface area contributed by atoms with E-state index in [1.165, 1.54) is 28.5 Å². The van der Waals surface area contributed by atoms with E-state index in [1.54, 1.807) is 12.1 Å². The predicted molar refractivity (Wildman–Crippen MR) is 84.1 cm³/mol. The van der Waals surface area contributed by atoms with Crippen LogP contribution >= 0.6 is 23.1 Å². The van der Waals surface area contributed by atoms with E-state index in [9.17, 15) is 8.42 Å². The Labute approximate surface area is 121 Å². The fourth-order valence-corrected chi connectivity index (χ4v) is 3.92. The lowest BCUT2D eigenvalue weighted by atomic mass is 10.2. The normalized spacial score (nSPS) is 11.8. The van der Waals surface area contributed by atoms with Gasteiger partial charge in [-0.05, 0) is 29.3 Å². The molecule has 0 bridgehead atoms. The van der Waals surface area contributed by atoms with Crippen molar-refractivity contribution in [3.63, 3.8) is 0 Å². The third-order valence-electron chi connectivity index (χ3n) is 2.31. The van der Waals surface area contributed by atoms with E-state index in [1.807, 2.05) is 42.0 Å². The number of nitrogens with one attached hydrogen (secondary N) is 1. The maximum Gasteiger partial charge on any atom is 0.255 e. The molecule has 1 N–H and O–H groups in total. The highest BCUT2D eigenvalue weighted by atomic mass is 32.2. The number of rotatable bonds is 5. The molecule has 3 nitrogen and oxygen atoms in total. The molecular formula is C13H13NO2S3. The minimum Gasteiger partial charge on any atom is -0.278 e. The molecule has 6 heteroatoms. The number of thioether (sulfide) groups is 1. The molecule has 100 valence electrons. The van der Waals surface area contributed by atoms with Gasteiger partial charge in [-0.15, -0.1) is 23.1 Å².